The van der Waals surface area contributed by atoms with Gasteiger partial charge >= 0.3 is 5.97 Å². The van der Waals surface area contributed by atoms with Crippen molar-refractivity contribution in [3.63, 3.8) is 0 Å². The quantitative estimate of drug-likeness (QED) is 0.550. The van der Waals surface area contributed by atoms with Crippen molar-refractivity contribution in [2.45, 2.75) is 25.9 Å². The van der Waals surface area contributed by atoms with Gasteiger partial charge in [0.2, 0.25) is 0 Å². The molecule has 1 heterocycles. The minimum atomic E-state index is -0.758. The minimum Gasteiger partial charge on any atom is -0.491 e. The van der Waals surface area contributed by atoms with Crippen LogP contribution >= 0.6 is 11.6 Å². The van der Waals surface area contributed by atoms with Gasteiger partial charge in [-0.3, -0.25) is 9.59 Å². The van der Waals surface area contributed by atoms with Gasteiger partial charge in [-0.05, 0) is 55.7 Å². The van der Waals surface area contributed by atoms with E-state index in [1.165, 1.54) is 6.07 Å². The average Bonchev–Trinajstić information content (AvgIpc) is 2.69. The normalized spacial score (nSPS) is 18.2. The lowest BCUT2D eigenvalue weighted by atomic mass is 9.82. The zero-order valence-electron chi connectivity index (χ0n) is 16.4. The zero-order chi connectivity index (χ0) is 21.3. The molecule has 0 bridgehead atoms. The Labute approximate surface area is 178 Å². The maximum absolute atomic E-state index is 12.5. The molecule has 0 saturated heterocycles. The van der Waals surface area contributed by atoms with Crippen LogP contribution in [0, 0.1) is 12.8 Å². The fourth-order valence-corrected chi connectivity index (χ4v) is 3.72. The second kappa shape index (κ2) is 8.50. The molecule has 1 aromatic heterocycles. The van der Waals surface area contributed by atoms with Gasteiger partial charge in [-0.15, -0.1) is 0 Å². The van der Waals surface area contributed by atoms with Gasteiger partial charge in [0.1, 0.15) is 18.1 Å². The Morgan fingerprint density at radius 2 is 1.90 bits per heavy atom. The molecule has 6 nitrogen and oxygen atoms in total. The van der Waals surface area contributed by atoms with Gasteiger partial charge in [0.25, 0.3) is 0 Å². The van der Waals surface area contributed by atoms with Crippen LogP contribution in [0.5, 0.6) is 5.75 Å². The summed E-state index contributed by atoms with van der Waals surface area (Å²) in [5.74, 6) is 0.0625. The van der Waals surface area contributed by atoms with E-state index in [2.05, 4.69) is 0 Å². The van der Waals surface area contributed by atoms with Crippen molar-refractivity contribution in [3.8, 4) is 17.1 Å². The van der Waals surface area contributed by atoms with Crippen LogP contribution in [0.15, 0.2) is 51.7 Å². The third-order valence-electron chi connectivity index (χ3n) is 5.33. The van der Waals surface area contributed by atoms with Gasteiger partial charge in [-0.25, -0.2) is 0 Å². The molecule has 1 aliphatic rings. The number of carboxylic acid groups (broad SMARTS) is 1. The molecule has 0 atom stereocenters. The van der Waals surface area contributed by atoms with Gasteiger partial charge in [0.15, 0.2) is 11.0 Å². The molecule has 1 saturated carbocycles. The first-order valence-corrected chi connectivity index (χ1v) is 10.1. The fraction of sp³-hybridized carbons (Fsp3) is 0.304. The summed E-state index contributed by atoms with van der Waals surface area (Å²) < 4.78 is 17.2. The summed E-state index contributed by atoms with van der Waals surface area (Å²) in [4.78, 5) is 23.3. The fourth-order valence-electron chi connectivity index (χ4n) is 3.53. The number of fused-ring (bicyclic) bond motifs is 1. The second-order valence-corrected chi connectivity index (χ2v) is 7.82. The van der Waals surface area contributed by atoms with Gasteiger partial charge in [-0.1, -0.05) is 17.7 Å². The maximum Gasteiger partial charge on any atom is 0.306 e. The number of carboxylic acids is 1. The summed E-state index contributed by atoms with van der Waals surface area (Å²) in [5, 5.41) is 9.75. The van der Waals surface area contributed by atoms with Crippen molar-refractivity contribution in [2.75, 3.05) is 13.2 Å². The number of rotatable bonds is 7. The average molecular weight is 429 g/mol. The van der Waals surface area contributed by atoms with Crippen LogP contribution in [0.4, 0.5) is 0 Å². The predicted octanol–water partition coefficient (Wildman–Crippen LogP) is 4.68. The SMILES string of the molecule is Cc1ccc(Cl)c2oc(-c3ccc(OCCOC4CC(C(=O)O)C4)cc3)cc(=O)c12. The molecule has 0 aliphatic heterocycles. The van der Waals surface area contributed by atoms with Crippen molar-refractivity contribution in [1.29, 1.82) is 0 Å². The predicted molar refractivity (Wildman–Crippen MR) is 113 cm³/mol. The van der Waals surface area contributed by atoms with Crippen LogP contribution in [-0.2, 0) is 9.53 Å². The molecular formula is C23H21ClO6. The molecule has 0 unspecified atom stereocenters. The molecule has 0 spiro atoms. The highest BCUT2D eigenvalue weighted by Crippen LogP contribution is 2.31. The summed E-state index contributed by atoms with van der Waals surface area (Å²) in [5.41, 5.74) is 1.81. The van der Waals surface area contributed by atoms with E-state index < -0.39 is 5.97 Å². The summed E-state index contributed by atoms with van der Waals surface area (Å²) in [6, 6.07) is 12.2. The smallest absolute Gasteiger partial charge is 0.306 e. The van der Waals surface area contributed by atoms with Crippen LogP contribution in [-0.4, -0.2) is 30.4 Å². The van der Waals surface area contributed by atoms with Crippen LogP contribution in [0.25, 0.3) is 22.3 Å². The molecular weight excluding hydrogens is 408 g/mol. The van der Waals surface area contributed by atoms with Crippen molar-refractivity contribution in [1.82, 2.24) is 0 Å². The Balaban J connectivity index is 1.37. The van der Waals surface area contributed by atoms with E-state index in [4.69, 9.17) is 30.6 Å². The summed E-state index contributed by atoms with van der Waals surface area (Å²) in [6.45, 7) is 2.62. The number of aryl methyl sites for hydroxylation is 1. The molecule has 30 heavy (non-hydrogen) atoms. The first kappa shape index (κ1) is 20.4. The van der Waals surface area contributed by atoms with Crippen LogP contribution in [0.1, 0.15) is 18.4 Å². The van der Waals surface area contributed by atoms with Crippen molar-refractivity contribution < 1.29 is 23.8 Å². The highest BCUT2D eigenvalue weighted by atomic mass is 35.5. The Morgan fingerprint density at radius 3 is 2.60 bits per heavy atom. The van der Waals surface area contributed by atoms with E-state index in [0.717, 1.165) is 11.1 Å². The highest BCUT2D eigenvalue weighted by molar-refractivity contribution is 6.34. The van der Waals surface area contributed by atoms with E-state index >= 15 is 0 Å². The first-order chi connectivity index (χ1) is 14.4. The zero-order valence-corrected chi connectivity index (χ0v) is 17.1. The van der Waals surface area contributed by atoms with Crippen molar-refractivity contribution in [2.24, 2.45) is 5.92 Å². The molecule has 3 aromatic rings. The summed E-state index contributed by atoms with van der Waals surface area (Å²) in [7, 11) is 0. The second-order valence-electron chi connectivity index (χ2n) is 7.42. The molecule has 156 valence electrons. The van der Waals surface area contributed by atoms with E-state index in [0.29, 0.717) is 53.6 Å². The van der Waals surface area contributed by atoms with E-state index in [9.17, 15) is 9.59 Å². The number of hydrogen-bond acceptors (Lipinski definition) is 5. The third-order valence-corrected chi connectivity index (χ3v) is 5.62. The van der Waals surface area contributed by atoms with E-state index in [1.807, 2.05) is 19.1 Å². The van der Waals surface area contributed by atoms with E-state index in [1.54, 1.807) is 24.3 Å². The molecule has 0 amide bonds. The number of aliphatic carboxylic acids is 1. The lowest BCUT2D eigenvalue weighted by Crippen LogP contribution is -2.36. The van der Waals surface area contributed by atoms with E-state index in [-0.39, 0.29) is 17.5 Å². The Kier molecular flexibility index (Phi) is 5.79. The monoisotopic (exact) mass is 428 g/mol. The minimum absolute atomic E-state index is 0.00309. The Bertz CT molecular complexity index is 1130. The molecule has 7 heteroatoms. The van der Waals surface area contributed by atoms with Crippen molar-refractivity contribution in [3.05, 3.63) is 63.3 Å². The van der Waals surface area contributed by atoms with Crippen LogP contribution in [0.2, 0.25) is 5.02 Å². The Hall–Kier alpha value is -2.83. The molecule has 2 aromatic carbocycles. The number of hydrogen-bond donors (Lipinski definition) is 1. The maximum atomic E-state index is 12.5. The lowest BCUT2D eigenvalue weighted by Gasteiger charge is -2.31. The number of ether oxygens (including phenoxy) is 2. The topological polar surface area (TPSA) is 86.0 Å². The van der Waals surface area contributed by atoms with Gasteiger partial charge in [-0.2, -0.15) is 0 Å². The molecule has 1 N–H and O–H groups in total. The molecule has 4 rings (SSSR count). The standard InChI is InChI=1S/C23H21ClO6/c1-13-2-7-18(24)22-21(13)19(25)12-20(30-22)14-3-5-16(6-4-14)28-8-9-29-17-10-15(11-17)23(26)27/h2-7,12,15,17H,8-11H2,1H3,(H,26,27). The third kappa shape index (κ3) is 4.20. The molecule has 1 aliphatic carbocycles. The first-order valence-electron chi connectivity index (χ1n) is 9.73. The number of halogens is 1. The molecule has 1 fully saturated rings. The highest BCUT2D eigenvalue weighted by Gasteiger charge is 2.34. The van der Waals surface area contributed by atoms with Crippen LogP contribution < -0.4 is 10.2 Å². The van der Waals surface area contributed by atoms with Crippen molar-refractivity contribution >= 4 is 28.5 Å². The van der Waals surface area contributed by atoms with Crippen LogP contribution in [0.3, 0.4) is 0 Å². The lowest BCUT2D eigenvalue weighted by molar-refractivity contribution is -0.151. The van der Waals surface area contributed by atoms with Gasteiger partial charge in [0, 0.05) is 11.6 Å². The number of carbonyl (C=O) groups is 1. The van der Waals surface area contributed by atoms with Gasteiger partial charge < -0.3 is 19.0 Å². The summed E-state index contributed by atoms with van der Waals surface area (Å²) >= 11 is 6.22. The largest absolute Gasteiger partial charge is 0.491 e. The molecule has 0 radical (unpaired) electrons. The summed E-state index contributed by atoms with van der Waals surface area (Å²) in [6.07, 6.45) is 1.12. The number of benzene rings is 2. The Morgan fingerprint density at radius 1 is 1.17 bits per heavy atom. The van der Waals surface area contributed by atoms with Gasteiger partial charge in [0.05, 0.1) is 29.0 Å².